The first kappa shape index (κ1) is 19.7. The molecule has 0 unspecified atom stereocenters. The number of halogens is 1. The minimum atomic E-state index is -0.670. The van der Waals surface area contributed by atoms with E-state index >= 15 is 0 Å². The number of nitrogens with one attached hydrogen (secondary N) is 1. The second kappa shape index (κ2) is 9.23. The summed E-state index contributed by atoms with van der Waals surface area (Å²) in [7, 11) is 0. The number of hydrogen-bond donors (Lipinski definition) is 1. The largest absolute Gasteiger partial charge is 0.455 e. The standard InChI is InChI=1S/C21H19FN2O3S/c1-2-14-7-9-15(10-8-14)18-13-28-21(23-18)24-19(25)12-27-20(26)11-16-5-3-4-6-17(16)22/h3-10,13H,2,11-12H2,1H3,(H,23,24,25). The summed E-state index contributed by atoms with van der Waals surface area (Å²) < 4.78 is 18.4. The molecule has 3 aromatic rings. The van der Waals surface area contributed by atoms with Gasteiger partial charge in [0.1, 0.15) is 5.82 Å². The molecule has 7 heteroatoms. The van der Waals surface area contributed by atoms with E-state index in [1.54, 1.807) is 6.07 Å². The summed E-state index contributed by atoms with van der Waals surface area (Å²) in [6.45, 7) is 1.64. The van der Waals surface area contributed by atoms with E-state index in [0.717, 1.165) is 17.7 Å². The predicted molar refractivity (Wildman–Crippen MR) is 107 cm³/mol. The third kappa shape index (κ3) is 5.23. The Morgan fingerprint density at radius 2 is 1.89 bits per heavy atom. The first-order valence-electron chi connectivity index (χ1n) is 8.79. The number of thiazole rings is 1. The van der Waals surface area contributed by atoms with Crippen molar-refractivity contribution < 1.29 is 18.7 Å². The molecule has 0 saturated carbocycles. The Morgan fingerprint density at radius 1 is 1.14 bits per heavy atom. The highest BCUT2D eigenvalue weighted by Crippen LogP contribution is 2.25. The number of ether oxygens (including phenoxy) is 1. The van der Waals surface area contributed by atoms with Crippen molar-refractivity contribution in [3.8, 4) is 11.3 Å². The lowest BCUT2D eigenvalue weighted by Crippen LogP contribution is -2.21. The number of carbonyl (C=O) groups is 2. The second-order valence-electron chi connectivity index (χ2n) is 6.07. The van der Waals surface area contributed by atoms with Gasteiger partial charge in [-0.25, -0.2) is 9.37 Å². The molecule has 1 N–H and O–H groups in total. The molecular formula is C21H19FN2O3S. The molecule has 3 rings (SSSR count). The summed E-state index contributed by atoms with van der Waals surface area (Å²) in [5.74, 6) is -1.65. The number of benzene rings is 2. The maximum absolute atomic E-state index is 13.5. The highest BCUT2D eigenvalue weighted by Gasteiger charge is 2.13. The summed E-state index contributed by atoms with van der Waals surface area (Å²) in [5.41, 5.74) is 3.20. The Labute approximate surface area is 166 Å². The molecule has 0 spiro atoms. The lowest BCUT2D eigenvalue weighted by atomic mass is 10.1. The average Bonchev–Trinajstić information content (AvgIpc) is 3.16. The summed E-state index contributed by atoms with van der Waals surface area (Å²) in [5, 5.41) is 4.87. The molecular weight excluding hydrogens is 379 g/mol. The van der Waals surface area contributed by atoms with Crippen LogP contribution in [0.2, 0.25) is 0 Å². The van der Waals surface area contributed by atoms with Crippen LogP contribution in [0.1, 0.15) is 18.1 Å². The van der Waals surface area contributed by atoms with Crippen molar-refractivity contribution in [1.82, 2.24) is 4.98 Å². The fourth-order valence-corrected chi connectivity index (χ4v) is 3.26. The average molecular weight is 398 g/mol. The van der Waals surface area contributed by atoms with Crippen LogP contribution >= 0.6 is 11.3 Å². The minimum absolute atomic E-state index is 0.227. The monoisotopic (exact) mass is 398 g/mol. The first-order chi connectivity index (χ1) is 13.5. The number of esters is 1. The molecule has 28 heavy (non-hydrogen) atoms. The van der Waals surface area contributed by atoms with Crippen molar-refractivity contribution in [3.63, 3.8) is 0 Å². The van der Waals surface area contributed by atoms with E-state index in [2.05, 4.69) is 17.2 Å². The van der Waals surface area contributed by atoms with Gasteiger partial charge in [0, 0.05) is 10.9 Å². The third-order valence-corrected chi connectivity index (χ3v) is 4.82. The van der Waals surface area contributed by atoms with E-state index in [4.69, 9.17) is 4.74 Å². The van der Waals surface area contributed by atoms with E-state index in [1.165, 1.54) is 35.1 Å². The van der Waals surface area contributed by atoms with E-state index in [-0.39, 0.29) is 12.0 Å². The van der Waals surface area contributed by atoms with Gasteiger partial charge in [0.05, 0.1) is 12.1 Å². The summed E-state index contributed by atoms with van der Waals surface area (Å²) in [4.78, 5) is 28.1. The van der Waals surface area contributed by atoms with E-state index < -0.39 is 24.3 Å². The smallest absolute Gasteiger partial charge is 0.310 e. The van der Waals surface area contributed by atoms with Crippen LogP contribution in [0.3, 0.4) is 0 Å². The molecule has 0 atom stereocenters. The molecule has 0 fully saturated rings. The number of aromatic nitrogens is 1. The molecule has 0 aliphatic carbocycles. The SMILES string of the molecule is CCc1ccc(-c2csc(NC(=O)COC(=O)Cc3ccccc3F)n2)cc1. The number of rotatable bonds is 7. The quantitative estimate of drug-likeness (QED) is 0.605. The lowest BCUT2D eigenvalue weighted by molar-refractivity contribution is -0.146. The van der Waals surface area contributed by atoms with Gasteiger partial charge in [0.15, 0.2) is 11.7 Å². The summed E-state index contributed by atoms with van der Waals surface area (Å²) in [6.07, 6.45) is 0.739. The van der Waals surface area contributed by atoms with Crippen LogP contribution in [0.4, 0.5) is 9.52 Å². The Balaban J connectivity index is 1.50. The molecule has 144 valence electrons. The normalized spacial score (nSPS) is 10.5. The topological polar surface area (TPSA) is 68.3 Å². The van der Waals surface area contributed by atoms with E-state index in [1.807, 2.05) is 29.6 Å². The Morgan fingerprint density at radius 3 is 2.61 bits per heavy atom. The van der Waals surface area contributed by atoms with Crippen molar-refractivity contribution in [2.24, 2.45) is 0 Å². The lowest BCUT2D eigenvalue weighted by Gasteiger charge is -2.05. The van der Waals surface area contributed by atoms with E-state index in [0.29, 0.717) is 5.13 Å². The van der Waals surface area contributed by atoms with Gasteiger partial charge in [-0.2, -0.15) is 0 Å². The van der Waals surface area contributed by atoms with Crippen molar-refractivity contribution in [3.05, 3.63) is 70.9 Å². The van der Waals surface area contributed by atoms with Crippen LogP contribution in [0.15, 0.2) is 53.9 Å². The number of aryl methyl sites for hydroxylation is 1. The zero-order valence-electron chi connectivity index (χ0n) is 15.3. The van der Waals surface area contributed by atoms with Crippen LogP contribution in [0.25, 0.3) is 11.3 Å². The van der Waals surface area contributed by atoms with Gasteiger partial charge in [-0.15, -0.1) is 11.3 Å². The number of anilines is 1. The van der Waals surface area contributed by atoms with Gasteiger partial charge < -0.3 is 4.74 Å². The molecule has 0 aliphatic heterocycles. The van der Waals surface area contributed by atoms with Crippen molar-refractivity contribution in [2.75, 3.05) is 11.9 Å². The third-order valence-electron chi connectivity index (χ3n) is 4.07. The summed E-state index contributed by atoms with van der Waals surface area (Å²) >= 11 is 1.29. The van der Waals surface area contributed by atoms with Gasteiger partial charge in [0.2, 0.25) is 0 Å². The number of nitrogens with zero attached hydrogens (tertiary/aromatic N) is 1. The van der Waals surface area contributed by atoms with Gasteiger partial charge in [0.25, 0.3) is 5.91 Å². The van der Waals surface area contributed by atoms with Crippen LogP contribution < -0.4 is 5.32 Å². The number of carbonyl (C=O) groups excluding carboxylic acids is 2. The van der Waals surface area contributed by atoms with Crippen LogP contribution in [-0.4, -0.2) is 23.5 Å². The van der Waals surface area contributed by atoms with Crippen LogP contribution in [0.5, 0.6) is 0 Å². The molecule has 1 amide bonds. The van der Waals surface area contributed by atoms with Crippen LogP contribution in [-0.2, 0) is 27.2 Å². The van der Waals surface area contributed by atoms with Gasteiger partial charge in [-0.1, -0.05) is 49.4 Å². The molecule has 1 heterocycles. The van der Waals surface area contributed by atoms with Crippen LogP contribution in [0, 0.1) is 5.82 Å². The number of amides is 1. The Hall–Kier alpha value is -3.06. The fraction of sp³-hybridized carbons (Fsp3) is 0.190. The minimum Gasteiger partial charge on any atom is -0.455 e. The Bertz CT molecular complexity index is 970. The van der Waals surface area contributed by atoms with E-state index in [9.17, 15) is 14.0 Å². The number of hydrogen-bond acceptors (Lipinski definition) is 5. The highest BCUT2D eigenvalue weighted by molar-refractivity contribution is 7.14. The molecule has 1 aromatic heterocycles. The molecule has 0 aliphatic rings. The van der Waals surface area contributed by atoms with Crippen molar-refractivity contribution in [2.45, 2.75) is 19.8 Å². The maximum Gasteiger partial charge on any atom is 0.310 e. The molecule has 0 saturated heterocycles. The summed E-state index contributed by atoms with van der Waals surface area (Å²) in [6, 6.07) is 14.0. The van der Waals surface area contributed by atoms with Crippen molar-refractivity contribution >= 4 is 28.3 Å². The molecule has 0 bridgehead atoms. The highest BCUT2D eigenvalue weighted by atomic mass is 32.1. The predicted octanol–water partition coefficient (Wildman–Crippen LogP) is 4.24. The molecule has 2 aromatic carbocycles. The van der Waals surface area contributed by atoms with Gasteiger partial charge in [-0.3, -0.25) is 14.9 Å². The molecule has 0 radical (unpaired) electrons. The second-order valence-corrected chi connectivity index (χ2v) is 6.92. The van der Waals surface area contributed by atoms with Gasteiger partial charge >= 0.3 is 5.97 Å². The van der Waals surface area contributed by atoms with Crippen molar-refractivity contribution in [1.29, 1.82) is 0 Å². The zero-order chi connectivity index (χ0) is 19.9. The molecule has 5 nitrogen and oxygen atoms in total. The fourth-order valence-electron chi connectivity index (χ4n) is 2.52. The van der Waals surface area contributed by atoms with Gasteiger partial charge in [-0.05, 0) is 23.6 Å². The Kier molecular flexibility index (Phi) is 6.49. The zero-order valence-corrected chi connectivity index (χ0v) is 16.1. The maximum atomic E-state index is 13.5. The first-order valence-corrected chi connectivity index (χ1v) is 9.67.